The first-order valence-electron chi connectivity index (χ1n) is 8.28. The molecule has 0 amide bonds. The Hall–Kier alpha value is -1.29. The molecule has 2 aromatic heterocycles. The van der Waals surface area contributed by atoms with Crippen molar-refractivity contribution in [1.82, 2.24) is 19.4 Å². The smallest absolute Gasteiger partial charge is 0.227 e. The lowest BCUT2D eigenvalue weighted by molar-refractivity contribution is 0.0934. The number of thiazole rings is 1. The Balaban J connectivity index is 1.78. The molecule has 9 heteroatoms. The van der Waals surface area contributed by atoms with E-state index in [0.29, 0.717) is 19.6 Å². The molecule has 0 radical (unpaired) electrons. The zero-order valence-electron chi connectivity index (χ0n) is 14.8. The van der Waals surface area contributed by atoms with E-state index in [0.717, 1.165) is 35.8 Å². The van der Waals surface area contributed by atoms with Crippen molar-refractivity contribution in [2.24, 2.45) is 0 Å². The summed E-state index contributed by atoms with van der Waals surface area (Å²) in [5.74, 6) is 0. The normalized spacial score (nSPS) is 18.3. The highest BCUT2D eigenvalue weighted by molar-refractivity contribution is 7.90. The van der Waals surface area contributed by atoms with Gasteiger partial charge in [-0.25, -0.2) is 18.4 Å². The third-order valence-electron chi connectivity index (χ3n) is 4.17. The van der Waals surface area contributed by atoms with Gasteiger partial charge in [0.1, 0.15) is 0 Å². The average molecular weight is 385 g/mol. The third kappa shape index (κ3) is 4.66. The molecule has 1 atom stereocenters. The van der Waals surface area contributed by atoms with Crippen LogP contribution in [0.25, 0.3) is 0 Å². The van der Waals surface area contributed by atoms with E-state index in [1.807, 2.05) is 14.0 Å². The van der Waals surface area contributed by atoms with Crippen LogP contribution in [0, 0.1) is 6.92 Å². The quantitative estimate of drug-likeness (QED) is 0.725. The number of aryl methyl sites for hydroxylation is 1. The van der Waals surface area contributed by atoms with E-state index in [4.69, 9.17) is 4.74 Å². The zero-order valence-corrected chi connectivity index (χ0v) is 16.4. The highest BCUT2D eigenvalue weighted by atomic mass is 32.2. The first-order valence-corrected chi connectivity index (χ1v) is 11.1. The van der Waals surface area contributed by atoms with Gasteiger partial charge in [0.25, 0.3) is 0 Å². The molecular weight excluding hydrogens is 360 g/mol. The number of sulfone groups is 1. The number of ether oxygens (including phenoxy) is 1. The highest BCUT2D eigenvalue weighted by Crippen LogP contribution is 2.20. The molecule has 25 heavy (non-hydrogen) atoms. The van der Waals surface area contributed by atoms with Crippen molar-refractivity contribution in [3.63, 3.8) is 0 Å². The molecule has 1 aliphatic rings. The van der Waals surface area contributed by atoms with Gasteiger partial charge >= 0.3 is 0 Å². The number of nitrogens with zero attached hydrogens (tertiary/aromatic N) is 4. The number of imidazole rings is 1. The van der Waals surface area contributed by atoms with Crippen LogP contribution in [0.2, 0.25) is 0 Å². The molecule has 0 bridgehead atoms. The van der Waals surface area contributed by atoms with Gasteiger partial charge in [-0.05, 0) is 26.8 Å². The standard InChI is InChI=1S/C16H24N4O3S2/c1-12-18-13(11-24-12)8-19(2)9-14-7-17-16(25(3,21)22)20(14)10-15-5-4-6-23-15/h7,11,15H,4-6,8-10H2,1-3H3/t15-/m0/s1. The Morgan fingerprint density at radius 3 is 2.84 bits per heavy atom. The van der Waals surface area contributed by atoms with Gasteiger partial charge in [0.05, 0.1) is 35.2 Å². The molecule has 1 saturated heterocycles. The number of hydrogen-bond donors (Lipinski definition) is 0. The summed E-state index contributed by atoms with van der Waals surface area (Å²) < 4.78 is 31.6. The van der Waals surface area contributed by atoms with Crippen LogP contribution in [0.3, 0.4) is 0 Å². The summed E-state index contributed by atoms with van der Waals surface area (Å²) in [5, 5.41) is 3.22. The fourth-order valence-corrected chi connectivity index (χ4v) is 4.53. The maximum Gasteiger partial charge on any atom is 0.227 e. The minimum Gasteiger partial charge on any atom is -0.376 e. The average Bonchev–Trinajstić information content (AvgIpc) is 3.22. The summed E-state index contributed by atoms with van der Waals surface area (Å²) in [7, 11) is -1.38. The second-order valence-corrected chi connectivity index (χ2v) is 9.55. The van der Waals surface area contributed by atoms with Crippen LogP contribution in [0.1, 0.15) is 29.2 Å². The molecule has 0 unspecified atom stereocenters. The van der Waals surface area contributed by atoms with Crippen molar-refractivity contribution in [2.75, 3.05) is 19.9 Å². The van der Waals surface area contributed by atoms with E-state index in [2.05, 4.69) is 20.2 Å². The van der Waals surface area contributed by atoms with Crippen molar-refractivity contribution >= 4 is 21.2 Å². The monoisotopic (exact) mass is 384 g/mol. The summed E-state index contributed by atoms with van der Waals surface area (Å²) in [4.78, 5) is 10.8. The van der Waals surface area contributed by atoms with Crippen molar-refractivity contribution in [3.8, 4) is 0 Å². The van der Waals surface area contributed by atoms with E-state index in [1.165, 1.54) is 6.26 Å². The minimum absolute atomic E-state index is 0.0555. The maximum atomic E-state index is 12.1. The summed E-state index contributed by atoms with van der Waals surface area (Å²) in [5.41, 5.74) is 1.91. The molecule has 7 nitrogen and oxygen atoms in total. The molecule has 1 fully saturated rings. The Morgan fingerprint density at radius 1 is 1.44 bits per heavy atom. The molecule has 138 valence electrons. The van der Waals surface area contributed by atoms with Gasteiger partial charge in [0, 0.05) is 31.3 Å². The highest BCUT2D eigenvalue weighted by Gasteiger charge is 2.24. The van der Waals surface area contributed by atoms with E-state index in [1.54, 1.807) is 22.1 Å². The first-order chi connectivity index (χ1) is 11.8. The Labute approximate surface area is 152 Å². The Bertz CT molecular complexity index is 822. The van der Waals surface area contributed by atoms with E-state index >= 15 is 0 Å². The molecule has 0 aliphatic carbocycles. The molecule has 1 aliphatic heterocycles. The predicted octanol–water partition coefficient (Wildman–Crippen LogP) is 1.86. The molecule has 0 aromatic carbocycles. The molecule has 0 N–H and O–H groups in total. The Morgan fingerprint density at radius 2 is 2.24 bits per heavy atom. The zero-order chi connectivity index (χ0) is 18.0. The summed E-state index contributed by atoms with van der Waals surface area (Å²) >= 11 is 1.63. The van der Waals surface area contributed by atoms with Gasteiger partial charge in [0.2, 0.25) is 15.0 Å². The van der Waals surface area contributed by atoms with Gasteiger partial charge in [-0.2, -0.15) is 0 Å². The van der Waals surface area contributed by atoms with Gasteiger partial charge in [0.15, 0.2) is 0 Å². The van der Waals surface area contributed by atoms with Gasteiger partial charge in [-0.15, -0.1) is 11.3 Å². The lowest BCUT2D eigenvalue weighted by Crippen LogP contribution is -2.24. The maximum absolute atomic E-state index is 12.1. The SMILES string of the molecule is Cc1nc(CN(C)Cc2cnc(S(C)(=O)=O)n2C[C@@H]2CCCO2)cs1. The van der Waals surface area contributed by atoms with Crippen molar-refractivity contribution < 1.29 is 13.2 Å². The molecule has 3 rings (SSSR count). The van der Waals surface area contributed by atoms with Gasteiger partial charge in [-0.1, -0.05) is 0 Å². The second kappa shape index (κ2) is 7.53. The second-order valence-electron chi connectivity index (χ2n) is 6.58. The number of hydrogen-bond acceptors (Lipinski definition) is 7. The fraction of sp³-hybridized carbons (Fsp3) is 0.625. The lowest BCUT2D eigenvalue weighted by atomic mass is 10.2. The van der Waals surface area contributed by atoms with E-state index in [-0.39, 0.29) is 11.3 Å². The molecular formula is C16H24N4O3S2. The van der Waals surface area contributed by atoms with Gasteiger partial charge < -0.3 is 9.30 Å². The summed E-state index contributed by atoms with van der Waals surface area (Å²) in [6.45, 7) is 4.58. The fourth-order valence-electron chi connectivity index (χ4n) is 3.09. The van der Waals surface area contributed by atoms with Crippen molar-refractivity contribution in [1.29, 1.82) is 0 Å². The third-order valence-corrected chi connectivity index (χ3v) is 5.99. The van der Waals surface area contributed by atoms with E-state index < -0.39 is 9.84 Å². The predicted molar refractivity (Wildman–Crippen MR) is 96.3 cm³/mol. The number of aromatic nitrogens is 3. The molecule has 2 aromatic rings. The molecule has 0 spiro atoms. The van der Waals surface area contributed by atoms with Crippen LogP contribution in [-0.2, 0) is 34.2 Å². The van der Waals surface area contributed by atoms with Crippen LogP contribution < -0.4 is 0 Å². The first kappa shape index (κ1) is 18.5. The molecule has 0 saturated carbocycles. The van der Waals surface area contributed by atoms with Crippen LogP contribution in [-0.4, -0.2) is 53.9 Å². The topological polar surface area (TPSA) is 77.3 Å². The summed E-state index contributed by atoms with van der Waals surface area (Å²) in [6, 6.07) is 0. The summed E-state index contributed by atoms with van der Waals surface area (Å²) in [6.07, 6.45) is 4.89. The van der Waals surface area contributed by atoms with Gasteiger partial charge in [-0.3, -0.25) is 4.90 Å². The largest absolute Gasteiger partial charge is 0.376 e. The molecule has 3 heterocycles. The van der Waals surface area contributed by atoms with Crippen molar-refractivity contribution in [2.45, 2.75) is 50.7 Å². The lowest BCUT2D eigenvalue weighted by Gasteiger charge is -2.19. The van der Waals surface area contributed by atoms with E-state index in [9.17, 15) is 8.42 Å². The Kier molecular flexibility index (Phi) is 5.57. The number of rotatable bonds is 7. The van der Waals surface area contributed by atoms with Crippen LogP contribution in [0.15, 0.2) is 16.7 Å². The van der Waals surface area contributed by atoms with Crippen LogP contribution >= 0.6 is 11.3 Å². The van der Waals surface area contributed by atoms with Crippen molar-refractivity contribution in [3.05, 3.63) is 28.0 Å². The van der Waals surface area contributed by atoms with Crippen LogP contribution in [0.4, 0.5) is 0 Å². The minimum atomic E-state index is -3.38. The van der Waals surface area contributed by atoms with Crippen LogP contribution in [0.5, 0.6) is 0 Å².